The summed E-state index contributed by atoms with van der Waals surface area (Å²) in [7, 11) is 0. The van der Waals surface area contributed by atoms with Crippen LogP contribution in [0.4, 0.5) is 0 Å². The first-order chi connectivity index (χ1) is 9.70. The van der Waals surface area contributed by atoms with Crippen LogP contribution in [0.15, 0.2) is 12.2 Å². The number of ether oxygens (including phenoxy) is 4. The van der Waals surface area contributed by atoms with Crippen LogP contribution in [0, 0.1) is 5.92 Å². The first-order valence-electron chi connectivity index (χ1n) is 6.98. The van der Waals surface area contributed by atoms with Crippen molar-refractivity contribution >= 4 is 5.97 Å². The highest BCUT2D eigenvalue weighted by molar-refractivity contribution is 5.88. The molecule has 2 fully saturated rings. The largest absolute Gasteiger partial charge is 0.460 e. The molecule has 2 unspecified atom stereocenters. The number of carbonyl (C=O) groups is 1. The fraction of sp³-hybridized carbons (Fsp3) is 0.786. The maximum absolute atomic E-state index is 11.9. The SMILES string of the molecule is C=C(C(=O)OCCOCCO)C(CC1CO1)CC1CO1. The Kier molecular flexibility index (Phi) is 5.97. The van der Waals surface area contributed by atoms with Crippen molar-refractivity contribution in [1.29, 1.82) is 0 Å². The maximum Gasteiger partial charge on any atom is 0.333 e. The Hall–Kier alpha value is -0.950. The van der Waals surface area contributed by atoms with Crippen LogP contribution in [0.3, 0.4) is 0 Å². The predicted octanol–water partition coefficient (Wildman–Crippen LogP) is 0.289. The van der Waals surface area contributed by atoms with E-state index in [-0.39, 0.29) is 50.5 Å². The van der Waals surface area contributed by atoms with Crippen molar-refractivity contribution < 1.29 is 28.8 Å². The molecule has 2 saturated heterocycles. The summed E-state index contributed by atoms with van der Waals surface area (Å²) in [5, 5.41) is 8.54. The van der Waals surface area contributed by atoms with Gasteiger partial charge in [-0.05, 0) is 18.8 Å². The van der Waals surface area contributed by atoms with Crippen LogP contribution in [0.5, 0.6) is 0 Å². The minimum Gasteiger partial charge on any atom is -0.460 e. The smallest absolute Gasteiger partial charge is 0.333 e. The van der Waals surface area contributed by atoms with E-state index in [1.807, 2.05) is 0 Å². The quantitative estimate of drug-likeness (QED) is 0.254. The third-order valence-corrected chi connectivity index (χ3v) is 3.35. The van der Waals surface area contributed by atoms with Gasteiger partial charge in [0, 0.05) is 5.57 Å². The molecule has 20 heavy (non-hydrogen) atoms. The van der Waals surface area contributed by atoms with Crippen LogP contribution in [-0.4, -0.2) is 62.9 Å². The third kappa shape index (κ3) is 5.58. The zero-order valence-electron chi connectivity index (χ0n) is 11.6. The molecular weight excluding hydrogens is 264 g/mol. The van der Waals surface area contributed by atoms with E-state index in [9.17, 15) is 4.79 Å². The van der Waals surface area contributed by atoms with E-state index in [0.29, 0.717) is 5.57 Å². The van der Waals surface area contributed by atoms with Gasteiger partial charge in [0.15, 0.2) is 0 Å². The van der Waals surface area contributed by atoms with Gasteiger partial charge in [-0.1, -0.05) is 6.58 Å². The van der Waals surface area contributed by atoms with E-state index in [1.54, 1.807) is 0 Å². The molecule has 6 heteroatoms. The van der Waals surface area contributed by atoms with Gasteiger partial charge in [0.25, 0.3) is 0 Å². The Labute approximate surface area is 118 Å². The lowest BCUT2D eigenvalue weighted by Crippen LogP contribution is -2.20. The van der Waals surface area contributed by atoms with Crippen molar-refractivity contribution in [1.82, 2.24) is 0 Å². The number of aliphatic hydroxyl groups is 1. The van der Waals surface area contributed by atoms with Gasteiger partial charge in [0.1, 0.15) is 6.61 Å². The van der Waals surface area contributed by atoms with E-state index in [2.05, 4.69) is 6.58 Å². The Balaban J connectivity index is 1.69. The van der Waals surface area contributed by atoms with Crippen molar-refractivity contribution in [3.8, 4) is 0 Å². The molecule has 2 aliphatic rings. The van der Waals surface area contributed by atoms with Crippen LogP contribution >= 0.6 is 0 Å². The van der Waals surface area contributed by atoms with Crippen LogP contribution in [0.1, 0.15) is 12.8 Å². The van der Waals surface area contributed by atoms with Crippen LogP contribution in [0.2, 0.25) is 0 Å². The Morgan fingerprint density at radius 3 is 2.30 bits per heavy atom. The molecule has 2 aliphatic heterocycles. The van der Waals surface area contributed by atoms with Crippen molar-refractivity contribution in [3.63, 3.8) is 0 Å². The van der Waals surface area contributed by atoms with Crippen molar-refractivity contribution in [2.75, 3.05) is 39.6 Å². The molecule has 0 spiro atoms. The molecule has 0 aliphatic carbocycles. The number of hydrogen-bond acceptors (Lipinski definition) is 6. The Morgan fingerprint density at radius 1 is 1.20 bits per heavy atom. The molecule has 0 amide bonds. The number of esters is 1. The van der Waals surface area contributed by atoms with Gasteiger partial charge in [-0.25, -0.2) is 4.79 Å². The van der Waals surface area contributed by atoms with E-state index in [1.165, 1.54) is 0 Å². The maximum atomic E-state index is 11.9. The zero-order chi connectivity index (χ0) is 14.4. The van der Waals surface area contributed by atoms with E-state index < -0.39 is 0 Å². The van der Waals surface area contributed by atoms with Crippen molar-refractivity contribution in [3.05, 3.63) is 12.2 Å². The van der Waals surface area contributed by atoms with Crippen LogP contribution in [-0.2, 0) is 23.7 Å². The van der Waals surface area contributed by atoms with Crippen molar-refractivity contribution in [2.24, 2.45) is 5.92 Å². The lowest BCUT2D eigenvalue weighted by atomic mass is 9.90. The highest BCUT2D eigenvalue weighted by Gasteiger charge is 2.35. The van der Waals surface area contributed by atoms with Gasteiger partial charge in [-0.15, -0.1) is 0 Å². The van der Waals surface area contributed by atoms with E-state index in [4.69, 9.17) is 24.1 Å². The molecule has 2 rings (SSSR count). The number of aliphatic hydroxyl groups excluding tert-OH is 1. The summed E-state index contributed by atoms with van der Waals surface area (Å²) in [5.41, 5.74) is 0.484. The molecule has 2 atom stereocenters. The molecular formula is C14H22O6. The van der Waals surface area contributed by atoms with Gasteiger partial charge in [-0.2, -0.15) is 0 Å². The summed E-state index contributed by atoms with van der Waals surface area (Å²) >= 11 is 0. The van der Waals surface area contributed by atoms with Gasteiger partial charge >= 0.3 is 5.97 Å². The lowest BCUT2D eigenvalue weighted by molar-refractivity contribution is -0.141. The van der Waals surface area contributed by atoms with Crippen molar-refractivity contribution in [2.45, 2.75) is 25.0 Å². The molecule has 1 N–H and O–H groups in total. The molecule has 2 heterocycles. The molecule has 0 aromatic rings. The minimum absolute atomic E-state index is 0.0362. The topological polar surface area (TPSA) is 80.8 Å². The van der Waals surface area contributed by atoms with Gasteiger partial charge in [-0.3, -0.25) is 0 Å². The van der Waals surface area contributed by atoms with Gasteiger partial charge in [0.2, 0.25) is 0 Å². The monoisotopic (exact) mass is 286 g/mol. The van der Waals surface area contributed by atoms with Gasteiger partial charge < -0.3 is 24.1 Å². The number of carbonyl (C=O) groups excluding carboxylic acids is 1. The third-order valence-electron chi connectivity index (χ3n) is 3.35. The van der Waals surface area contributed by atoms with Crippen LogP contribution < -0.4 is 0 Å². The Morgan fingerprint density at radius 2 is 1.80 bits per heavy atom. The summed E-state index contributed by atoms with van der Waals surface area (Å²) < 4.78 is 20.6. The first kappa shape index (κ1) is 15.4. The molecule has 0 radical (unpaired) electrons. The summed E-state index contributed by atoms with van der Waals surface area (Å²) in [4.78, 5) is 11.9. The second kappa shape index (κ2) is 7.73. The number of hydrogen-bond donors (Lipinski definition) is 1. The molecule has 0 bridgehead atoms. The fourth-order valence-corrected chi connectivity index (χ4v) is 2.04. The molecule has 114 valence electrons. The number of rotatable bonds is 11. The lowest BCUT2D eigenvalue weighted by Gasteiger charge is -2.16. The summed E-state index contributed by atoms with van der Waals surface area (Å²) in [5.74, 6) is -0.329. The summed E-state index contributed by atoms with van der Waals surface area (Å²) in [6, 6.07) is 0. The molecule has 0 aromatic heterocycles. The first-order valence-corrected chi connectivity index (χ1v) is 6.98. The summed E-state index contributed by atoms with van der Waals surface area (Å²) in [6.45, 7) is 6.06. The number of epoxide rings is 2. The zero-order valence-corrected chi connectivity index (χ0v) is 11.6. The molecule has 0 aromatic carbocycles. The average Bonchev–Trinajstić information content (AvgIpc) is 3.32. The van der Waals surface area contributed by atoms with E-state index in [0.717, 1.165) is 26.1 Å². The standard InChI is InChI=1S/C14H22O6/c1-10(14(16)18-5-4-17-3-2-15)11(6-12-8-19-12)7-13-9-20-13/h11-13,15H,1-9H2. The average molecular weight is 286 g/mol. The second-order valence-corrected chi connectivity index (χ2v) is 5.08. The highest BCUT2D eigenvalue weighted by Crippen LogP contribution is 2.31. The summed E-state index contributed by atoms with van der Waals surface area (Å²) in [6.07, 6.45) is 2.09. The second-order valence-electron chi connectivity index (χ2n) is 5.08. The molecule has 6 nitrogen and oxygen atoms in total. The predicted molar refractivity (Wildman–Crippen MR) is 70.2 cm³/mol. The normalized spacial score (nSPS) is 25.1. The van der Waals surface area contributed by atoms with Gasteiger partial charge in [0.05, 0.1) is 45.2 Å². The minimum atomic E-state index is -0.385. The molecule has 0 saturated carbocycles. The Bertz CT molecular complexity index is 321. The van der Waals surface area contributed by atoms with E-state index >= 15 is 0 Å². The fourth-order valence-electron chi connectivity index (χ4n) is 2.04. The highest BCUT2D eigenvalue weighted by atomic mass is 16.6. The van der Waals surface area contributed by atoms with Crippen LogP contribution in [0.25, 0.3) is 0 Å².